The van der Waals surface area contributed by atoms with Gasteiger partial charge in [0.2, 0.25) is 15.8 Å². The number of hydrogen-bond acceptors (Lipinski definition) is 7. The van der Waals surface area contributed by atoms with Crippen LogP contribution in [-0.2, 0) is 9.59 Å². The third-order valence-electron chi connectivity index (χ3n) is 5.78. The summed E-state index contributed by atoms with van der Waals surface area (Å²) in [6.45, 7) is 5.22. The first kappa shape index (κ1) is 19.9. The lowest BCUT2D eigenvalue weighted by Crippen LogP contribution is -2.64. The van der Waals surface area contributed by atoms with Crippen molar-refractivity contribution in [1.82, 2.24) is 9.47 Å². The minimum Gasteiger partial charge on any atom is -0.543 e. The second-order valence-corrected chi connectivity index (χ2v) is 9.12. The van der Waals surface area contributed by atoms with Crippen LogP contribution < -0.4 is 15.2 Å². The van der Waals surface area contributed by atoms with Crippen molar-refractivity contribution in [2.45, 2.75) is 37.9 Å². The Bertz CT molecular complexity index is 1120. The molecule has 3 N–H and O–H groups in total. The number of carbonyl (C=O) groups excluding carboxylic acids is 3. The average Bonchev–Trinajstić information content (AvgIpc) is 3.22. The lowest BCUT2D eigenvalue weighted by atomic mass is 9.77. The first-order valence-electron chi connectivity index (χ1n) is 8.98. The first-order chi connectivity index (χ1) is 13.6. The lowest BCUT2D eigenvalue weighted by molar-refractivity contribution is -0.515. The quantitative estimate of drug-likeness (QED) is 0.379. The number of hydrogen-bond donors (Lipinski definition) is 2. The Hall–Kier alpha value is -2.37. The van der Waals surface area contributed by atoms with Crippen LogP contribution in [0.1, 0.15) is 24.4 Å². The number of carboxylic acids is 1. The van der Waals surface area contributed by atoms with Gasteiger partial charge in [0.15, 0.2) is 0 Å². The molecule has 4 atom stereocenters. The molecule has 154 valence electrons. The maximum absolute atomic E-state index is 12.5. The predicted octanol–water partition coefficient (Wildman–Crippen LogP) is -0.436. The van der Waals surface area contributed by atoms with E-state index < -0.39 is 36.0 Å². The molecule has 0 bridgehead atoms. The van der Waals surface area contributed by atoms with Crippen molar-refractivity contribution >= 4 is 51.4 Å². The van der Waals surface area contributed by atoms with Gasteiger partial charge in [-0.25, -0.2) is 4.79 Å². The van der Waals surface area contributed by atoms with Gasteiger partial charge in [-0.2, -0.15) is 4.40 Å². The molecule has 0 radical (unpaired) electrons. The van der Waals surface area contributed by atoms with Crippen LogP contribution in [-0.4, -0.2) is 50.9 Å². The number of aliphatic hydroxyl groups excluding tert-OH is 1. The number of nitrogens with two attached hydrogens (primary N) is 1. The van der Waals surface area contributed by atoms with Gasteiger partial charge in [-0.15, -0.1) is 4.57 Å². The van der Waals surface area contributed by atoms with E-state index in [2.05, 4.69) is 0 Å². The van der Waals surface area contributed by atoms with E-state index in [0.29, 0.717) is 15.5 Å². The van der Waals surface area contributed by atoms with Crippen molar-refractivity contribution in [3.63, 3.8) is 0 Å². The van der Waals surface area contributed by atoms with Gasteiger partial charge < -0.3 is 25.6 Å². The molecule has 0 spiro atoms. The van der Waals surface area contributed by atoms with E-state index in [-0.39, 0.29) is 11.6 Å². The Morgan fingerprint density at radius 3 is 2.62 bits per heavy atom. The predicted molar refractivity (Wildman–Crippen MR) is 104 cm³/mol. The molecule has 29 heavy (non-hydrogen) atoms. The third kappa shape index (κ3) is 2.50. The van der Waals surface area contributed by atoms with Crippen LogP contribution in [0.3, 0.4) is 0 Å². The van der Waals surface area contributed by atoms with Crippen molar-refractivity contribution in [2.24, 2.45) is 17.6 Å². The van der Waals surface area contributed by atoms with Crippen molar-refractivity contribution < 1.29 is 29.0 Å². The maximum atomic E-state index is 12.5. The van der Waals surface area contributed by atoms with E-state index in [1.807, 2.05) is 20.1 Å². The summed E-state index contributed by atoms with van der Waals surface area (Å²) in [6.07, 6.45) is 2.54. The largest absolute Gasteiger partial charge is 0.543 e. The van der Waals surface area contributed by atoms with E-state index in [1.54, 1.807) is 10.7 Å². The molecule has 9 nitrogen and oxygen atoms in total. The molecule has 0 aliphatic carbocycles. The number of aromatic nitrogens is 2. The molecule has 1 saturated heterocycles. The molecule has 0 unspecified atom stereocenters. The second-order valence-electron chi connectivity index (χ2n) is 7.33. The number of β-lactam (4-membered cyclic amide) rings is 1. The summed E-state index contributed by atoms with van der Waals surface area (Å²) in [5.41, 5.74) is 6.58. The number of rotatable bonds is 4. The van der Waals surface area contributed by atoms with Gasteiger partial charge in [-0.1, -0.05) is 30.0 Å². The van der Waals surface area contributed by atoms with E-state index >= 15 is 0 Å². The highest BCUT2D eigenvalue weighted by Gasteiger charge is 2.59. The summed E-state index contributed by atoms with van der Waals surface area (Å²) in [4.78, 5) is 39.0. The van der Waals surface area contributed by atoms with Gasteiger partial charge >= 0.3 is 6.03 Å². The van der Waals surface area contributed by atoms with Crippen molar-refractivity contribution in [2.75, 3.05) is 6.26 Å². The molecule has 1 fully saturated rings. The zero-order valence-electron chi connectivity index (χ0n) is 16.2. The van der Waals surface area contributed by atoms with Gasteiger partial charge in [-0.3, -0.25) is 4.79 Å². The molecule has 2 aliphatic heterocycles. The molecular formula is C18H20N4O5S2. The smallest absolute Gasteiger partial charge is 0.411 e. The lowest BCUT2D eigenvalue weighted by Gasteiger charge is -2.47. The Kier molecular flexibility index (Phi) is 4.52. The number of carbonyl (C=O) groups is 3. The van der Waals surface area contributed by atoms with Crippen LogP contribution in [0.15, 0.2) is 17.1 Å². The molecule has 0 saturated carbocycles. The highest BCUT2D eigenvalue weighted by molar-refractivity contribution is 7.98. The highest BCUT2D eigenvalue weighted by Crippen LogP contribution is 2.51. The van der Waals surface area contributed by atoms with Gasteiger partial charge in [0, 0.05) is 11.5 Å². The Labute approximate surface area is 174 Å². The van der Waals surface area contributed by atoms with E-state index in [1.165, 1.54) is 39.5 Å². The standard InChI is InChI=1S/C18H20N4O5S2/c1-6-9(12(17(25)26)22-11(6)10(8(3)23)14(22)24)13-7(2)20-5-21(18(19)27)15(28-4)16(20)29-13/h5-6,8,10-11,23H,1-4H3,(H2-,19,25,26,27)/t6-,8+,10+,11+/m0/s1. The van der Waals surface area contributed by atoms with Gasteiger partial charge in [0.1, 0.15) is 5.69 Å². The number of fused-ring (bicyclic) bond motifs is 2. The van der Waals surface area contributed by atoms with E-state index in [0.717, 1.165) is 10.5 Å². The number of thioether (sulfide) groups is 1. The van der Waals surface area contributed by atoms with Gasteiger partial charge in [-0.05, 0) is 20.1 Å². The maximum Gasteiger partial charge on any atom is 0.411 e. The molecule has 4 heterocycles. The van der Waals surface area contributed by atoms with Crippen LogP contribution in [0, 0.1) is 18.8 Å². The number of imidazole rings is 1. The van der Waals surface area contributed by atoms with Crippen LogP contribution in [0.4, 0.5) is 4.79 Å². The van der Waals surface area contributed by atoms with Crippen LogP contribution in [0.5, 0.6) is 0 Å². The van der Waals surface area contributed by atoms with Crippen LogP contribution >= 0.6 is 23.1 Å². The van der Waals surface area contributed by atoms with Crippen LogP contribution in [0.2, 0.25) is 0 Å². The number of aryl methyl sites for hydroxylation is 1. The molecule has 4 rings (SSSR count). The molecule has 11 heteroatoms. The first-order valence-corrected chi connectivity index (χ1v) is 11.0. The summed E-state index contributed by atoms with van der Waals surface area (Å²) in [5.74, 6) is -2.74. The number of aliphatic carboxylic acids is 1. The summed E-state index contributed by atoms with van der Waals surface area (Å²) in [5, 5.41) is 22.6. The average molecular weight is 437 g/mol. The fourth-order valence-electron chi connectivity index (χ4n) is 4.49. The Balaban J connectivity index is 1.92. The number of primary amides is 1. The molecule has 2 aliphatic rings. The normalized spacial score (nSPS) is 24.8. The number of carboxylic acid groups (broad SMARTS) is 1. The SMILES string of the molecule is CSc1c2sc(C3=C(C(=O)[O-])N4C(=O)[C@H]([C@@H](C)O)[C@H]4[C@H]3C)c(C)[n+]2cn1C(N)=O. The summed E-state index contributed by atoms with van der Waals surface area (Å²) >= 11 is 2.70. The van der Waals surface area contributed by atoms with E-state index in [4.69, 9.17) is 5.73 Å². The molecular weight excluding hydrogens is 416 g/mol. The second kappa shape index (κ2) is 6.57. The summed E-state index contributed by atoms with van der Waals surface area (Å²) in [7, 11) is 0. The van der Waals surface area contributed by atoms with Gasteiger partial charge in [0.05, 0.1) is 34.6 Å². The number of nitrogens with zero attached hydrogens (tertiary/aromatic N) is 3. The monoisotopic (exact) mass is 436 g/mol. The highest BCUT2D eigenvalue weighted by atomic mass is 32.2. The Morgan fingerprint density at radius 2 is 2.10 bits per heavy atom. The molecule has 0 aromatic carbocycles. The fraction of sp³-hybridized carbons (Fsp3) is 0.444. The minimum absolute atomic E-state index is 0.134. The van der Waals surface area contributed by atoms with E-state index in [9.17, 15) is 24.6 Å². The Morgan fingerprint density at radius 1 is 1.45 bits per heavy atom. The summed E-state index contributed by atoms with van der Waals surface area (Å²) in [6, 6.07) is -1.02. The van der Waals surface area contributed by atoms with Crippen LogP contribution in [0.25, 0.3) is 10.4 Å². The third-order valence-corrected chi connectivity index (χ3v) is 7.99. The zero-order valence-corrected chi connectivity index (χ0v) is 17.8. The van der Waals surface area contributed by atoms with Crippen molar-refractivity contribution in [3.8, 4) is 0 Å². The molecule has 2 amide bonds. The van der Waals surface area contributed by atoms with Gasteiger partial charge in [0.25, 0.3) is 6.33 Å². The fourth-order valence-corrected chi connectivity index (χ4v) is 6.77. The zero-order chi connectivity index (χ0) is 21.4. The molecule has 2 aromatic heterocycles. The topological polar surface area (TPSA) is 133 Å². The number of amides is 2. The van der Waals surface area contributed by atoms with Crippen molar-refractivity contribution in [1.29, 1.82) is 0 Å². The summed E-state index contributed by atoms with van der Waals surface area (Å²) < 4.78 is 3.15. The molecule has 2 aromatic rings. The number of thiazole rings is 1. The number of aliphatic hydroxyl groups is 1. The minimum atomic E-state index is -1.42. The van der Waals surface area contributed by atoms with Crippen molar-refractivity contribution in [3.05, 3.63) is 22.6 Å².